The first-order valence-electron chi connectivity index (χ1n) is 12.1. The summed E-state index contributed by atoms with van der Waals surface area (Å²) in [6.07, 6.45) is 8.63. The lowest BCUT2D eigenvalue weighted by atomic mass is 9.48. The molecule has 0 unspecified atom stereocenters. The first-order chi connectivity index (χ1) is 15.0. The fourth-order valence-electron chi connectivity index (χ4n) is 6.92. The number of aryl methyl sites for hydroxylation is 1. The predicted octanol–water partition coefficient (Wildman–Crippen LogP) is 6.57. The predicted molar refractivity (Wildman–Crippen MR) is 126 cm³/mol. The molecule has 0 radical (unpaired) electrons. The average Bonchev–Trinajstić information content (AvgIpc) is 2.74. The van der Waals surface area contributed by atoms with Crippen molar-refractivity contribution >= 4 is 11.6 Å². The number of hydrogen-bond donors (Lipinski definition) is 1. The standard InChI is InChI=1S/C28H35NO2/c1-4-25(31-26-7-5-6-18(2)19(26)3)27(30)29-24-10-8-23(9-11-24)28-15-20-12-21(16-28)14-22(13-20)17-28/h5-11,20-22,25H,4,12-17H2,1-3H3,(H,29,30)/t20?,21?,22?,25-,28?/m1/s1. The van der Waals surface area contributed by atoms with E-state index in [2.05, 4.69) is 42.6 Å². The van der Waals surface area contributed by atoms with Crippen molar-refractivity contribution in [2.45, 2.75) is 77.2 Å². The third kappa shape index (κ3) is 3.88. The van der Waals surface area contributed by atoms with Crippen molar-refractivity contribution in [3.05, 3.63) is 59.2 Å². The van der Waals surface area contributed by atoms with Crippen molar-refractivity contribution in [3.63, 3.8) is 0 Å². The highest BCUT2D eigenvalue weighted by molar-refractivity contribution is 5.94. The maximum atomic E-state index is 12.9. The second-order valence-electron chi connectivity index (χ2n) is 10.5. The van der Waals surface area contributed by atoms with Crippen LogP contribution in [0.15, 0.2) is 42.5 Å². The number of benzene rings is 2. The van der Waals surface area contributed by atoms with E-state index in [0.29, 0.717) is 11.8 Å². The van der Waals surface area contributed by atoms with Crippen LogP contribution in [0.2, 0.25) is 0 Å². The molecule has 4 aliphatic rings. The summed E-state index contributed by atoms with van der Waals surface area (Å²) in [7, 11) is 0. The van der Waals surface area contributed by atoms with Gasteiger partial charge in [0.25, 0.3) is 5.91 Å². The first-order valence-corrected chi connectivity index (χ1v) is 12.1. The number of hydrogen-bond acceptors (Lipinski definition) is 2. The highest BCUT2D eigenvalue weighted by atomic mass is 16.5. The summed E-state index contributed by atoms with van der Waals surface area (Å²) in [5.74, 6) is 3.54. The molecule has 2 aromatic carbocycles. The monoisotopic (exact) mass is 417 g/mol. The molecule has 4 aliphatic carbocycles. The second-order valence-corrected chi connectivity index (χ2v) is 10.5. The van der Waals surface area contributed by atoms with Crippen LogP contribution in [0.3, 0.4) is 0 Å². The fourth-order valence-corrected chi connectivity index (χ4v) is 6.92. The molecule has 0 saturated heterocycles. The minimum Gasteiger partial charge on any atom is -0.480 e. The fraction of sp³-hybridized carbons (Fsp3) is 0.536. The number of carbonyl (C=O) groups excluding carboxylic acids is 1. The zero-order valence-electron chi connectivity index (χ0n) is 19.1. The van der Waals surface area contributed by atoms with Crippen LogP contribution in [0, 0.1) is 31.6 Å². The summed E-state index contributed by atoms with van der Waals surface area (Å²) in [6.45, 7) is 6.10. The van der Waals surface area contributed by atoms with Crippen molar-refractivity contribution in [3.8, 4) is 5.75 Å². The molecule has 0 aliphatic heterocycles. The Morgan fingerprint density at radius 2 is 1.61 bits per heavy atom. The van der Waals surface area contributed by atoms with Gasteiger partial charge in [0, 0.05) is 5.69 Å². The zero-order chi connectivity index (χ0) is 21.6. The molecule has 4 bridgehead atoms. The van der Waals surface area contributed by atoms with Crippen LogP contribution >= 0.6 is 0 Å². The van der Waals surface area contributed by atoms with E-state index in [1.54, 1.807) is 0 Å². The van der Waals surface area contributed by atoms with Gasteiger partial charge in [-0.2, -0.15) is 0 Å². The lowest BCUT2D eigenvalue weighted by Crippen LogP contribution is -2.48. The van der Waals surface area contributed by atoms with Crippen LogP contribution in [0.25, 0.3) is 0 Å². The first kappa shape index (κ1) is 20.6. The van der Waals surface area contributed by atoms with Gasteiger partial charge in [-0.15, -0.1) is 0 Å². The highest BCUT2D eigenvalue weighted by Crippen LogP contribution is 2.60. The third-order valence-electron chi connectivity index (χ3n) is 8.29. The molecule has 3 heteroatoms. The van der Waals surface area contributed by atoms with Gasteiger partial charge in [0.15, 0.2) is 6.10 Å². The molecule has 1 N–H and O–H groups in total. The van der Waals surface area contributed by atoms with Gasteiger partial charge in [0.2, 0.25) is 0 Å². The number of rotatable bonds is 6. The van der Waals surface area contributed by atoms with Gasteiger partial charge in [-0.3, -0.25) is 4.79 Å². The highest BCUT2D eigenvalue weighted by Gasteiger charge is 2.51. The van der Waals surface area contributed by atoms with Crippen LogP contribution < -0.4 is 10.1 Å². The molecule has 31 heavy (non-hydrogen) atoms. The van der Waals surface area contributed by atoms with Gasteiger partial charge in [0.1, 0.15) is 5.75 Å². The second kappa shape index (κ2) is 8.00. The van der Waals surface area contributed by atoms with Crippen molar-refractivity contribution in [1.29, 1.82) is 0 Å². The minimum atomic E-state index is -0.497. The molecule has 2 aromatic rings. The summed E-state index contributed by atoms with van der Waals surface area (Å²) in [5, 5.41) is 3.08. The number of amides is 1. The Kier molecular flexibility index (Phi) is 5.32. The number of carbonyl (C=O) groups is 1. The summed E-state index contributed by atoms with van der Waals surface area (Å²) < 4.78 is 6.09. The Morgan fingerprint density at radius 3 is 2.19 bits per heavy atom. The lowest BCUT2D eigenvalue weighted by Gasteiger charge is -2.57. The van der Waals surface area contributed by atoms with Crippen LogP contribution in [0.4, 0.5) is 5.69 Å². The van der Waals surface area contributed by atoms with Crippen LogP contribution in [-0.2, 0) is 10.2 Å². The van der Waals surface area contributed by atoms with Crippen LogP contribution in [0.5, 0.6) is 5.75 Å². The molecule has 4 fully saturated rings. The summed E-state index contributed by atoms with van der Waals surface area (Å²) >= 11 is 0. The Bertz CT molecular complexity index is 926. The normalized spacial score (nSPS) is 29.6. The van der Waals surface area contributed by atoms with E-state index in [-0.39, 0.29) is 5.91 Å². The van der Waals surface area contributed by atoms with Crippen molar-refractivity contribution in [2.75, 3.05) is 5.32 Å². The Hall–Kier alpha value is -2.29. The maximum Gasteiger partial charge on any atom is 0.265 e. The SMILES string of the molecule is CC[C@@H](Oc1cccc(C)c1C)C(=O)Nc1ccc(C23CC4CC(CC(C4)C2)C3)cc1. The van der Waals surface area contributed by atoms with Gasteiger partial charge in [0.05, 0.1) is 0 Å². The third-order valence-corrected chi connectivity index (χ3v) is 8.29. The van der Waals surface area contributed by atoms with E-state index in [0.717, 1.165) is 34.8 Å². The van der Waals surface area contributed by atoms with E-state index in [1.165, 1.54) is 49.7 Å². The molecule has 1 amide bonds. The molecule has 0 spiro atoms. The molecular formula is C28H35NO2. The minimum absolute atomic E-state index is 0.0778. The van der Waals surface area contributed by atoms with Crippen molar-refractivity contribution < 1.29 is 9.53 Å². The summed E-state index contributed by atoms with van der Waals surface area (Å²) in [5.41, 5.74) is 5.01. The molecule has 3 nitrogen and oxygen atoms in total. The van der Waals surface area contributed by atoms with E-state index in [4.69, 9.17) is 4.74 Å². The molecule has 0 heterocycles. The van der Waals surface area contributed by atoms with Gasteiger partial charge >= 0.3 is 0 Å². The van der Waals surface area contributed by atoms with E-state index < -0.39 is 6.10 Å². The van der Waals surface area contributed by atoms with Crippen LogP contribution in [-0.4, -0.2) is 12.0 Å². The quantitative estimate of drug-likeness (QED) is 0.577. The van der Waals surface area contributed by atoms with E-state index in [1.807, 2.05) is 26.0 Å². The summed E-state index contributed by atoms with van der Waals surface area (Å²) in [6, 6.07) is 14.7. The number of ether oxygens (including phenoxy) is 1. The lowest BCUT2D eigenvalue weighted by molar-refractivity contribution is -0.122. The molecule has 6 rings (SSSR count). The largest absolute Gasteiger partial charge is 0.480 e. The zero-order valence-corrected chi connectivity index (χ0v) is 19.1. The van der Waals surface area contributed by atoms with Crippen molar-refractivity contribution in [1.82, 2.24) is 0 Å². The average molecular weight is 418 g/mol. The van der Waals surface area contributed by atoms with Gasteiger partial charge in [-0.25, -0.2) is 0 Å². The van der Waals surface area contributed by atoms with Crippen molar-refractivity contribution in [2.24, 2.45) is 17.8 Å². The van der Waals surface area contributed by atoms with Gasteiger partial charge in [-0.05, 0) is 117 Å². The van der Waals surface area contributed by atoms with Gasteiger partial charge < -0.3 is 10.1 Å². The molecular weight excluding hydrogens is 382 g/mol. The smallest absolute Gasteiger partial charge is 0.265 e. The summed E-state index contributed by atoms with van der Waals surface area (Å²) in [4.78, 5) is 12.9. The molecule has 1 atom stereocenters. The topological polar surface area (TPSA) is 38.3 Å². The molecule has 4 saturated carbocycles. The Morgan fingerprint density at radius 1 is 1.00 bits per heavy atom. The molecule has 0 aromatic heterocycles. The van der Waals surface area contributed by atoms with Crippen LogP contribution in [0.1, 0.15) is 68.6 Å². The Balaban J connectivity index is 1.27. The van der Waals surface area contributed by atoms with Gasteiger partial charge in [-0.1, -0.05) is 31.2 Å². The number of anilines is 1. The maximum absolute atomic E-state index is 12.9. The number of nitrogens with one attached hydrogen (secondary N) is 1. The Labute approximate surface area is 186 Å². The molecule has 164 valence electrons. The van der Waals surface area contributed by atoms with E-state index >= 15 is 0 Å². The van der Waals surface area contributed by atoms with E-state index in [9.17, 15) is 4.79 Å².